The second-order valence-electron chi connectivity index (χ2n) is 7.18. The molecule has 0 bridgehead atoms. The Labute approximate surface area is 162 Å². The number of aromatic nitrogens is 4. The SMILES string of the molecule is Fc1ccc(-c2cc(N3CCCC3)nc3cc(Cn4ccnn4)ccc23)cc1. The van der Waals surface area contributed by atoms with Crippen LogP contribution in [0.5, 0.6) is 0 Å². The van der Waals surface area contributed by atoms with Gasteiger partial charge in [-0.1, -0.05) is 29.5 Å². The van der Waals surface area contributed by atoms with Crippen molar-refractivity contribution in [2.45, 2.75) is 19.4 Å². The minimum absolute atomic E-state index is 0.225. The molecule has 0 amide bonds. The lowest BCUT2D eigenvalue weighted by atomic mass is 9.99. The highest BCUT2D eigenvalue weighted by atomic mass is 19.1. The molecule has 5 rings (SSSR count). The predicted octanol–water partition coefficient (Wildman–Crippen LogP) is 4.28. The molecule has 0 saturated carbocycles. The first kappa shape index (κ1) is 16.9. The monoisotopic (exact) mass is 373 g/mol. The summed E-state index contributed by atoms with van der Waals surface area (Å²) < 4.78 is 15.2. The lowest BCUT2D eigenvalue weighted by Crippen LogP contribution is -2.19. The molecule has 4 aromatic rings. The fourth-order valence-electron chi connectivity index (χ4n) is 3.84. The summed E-state index contributed by atoms with van der Waals surface area (Å²) >= 11 is 0. The fraction of sp³-hybridized carbons (Fsp3) is 0.227. The van der Waals surface area contributed by atoms with Crippen LogP contribution in [0.3, 0.4) is 0 Å². The molecule has 1 fully saturated rings. The molecule has 1 saturated heterocycles. The highest BCUT2D eigenvalue weighted by Gasteiger charge is 2.17. The van der Waals surface area contributed by atoms with Gasteiger partial charge in [0.05, 0.1) is 18.3 Å². The molecule has 3 heterocycles. The van der Waals surface area contributed by atoms with Gasteiger partial charge in [-0.05, 0) is 53.8 Å². The molecular formula is C22H20FN5. The summed E-state index contributed by atoms with van der Waals surface area (Å²) in [4.78, 5) is 7.29. The van der Waals surface area contributed by atoms with Gasteiger partial charge in [0.15, 0.2) is 0 Å². The summed E-state index contributed by atoms with van der Waals surface area (Å²) in [5, 5.41) is 8.98. The van der Waals surface area contributed by atoms with Gasteiger partial charge < -0.3 is 4.90 Å². The summed E-state index contributed by atoms with van der Waals surface area (Å²) in [6.45, 7) is 2.71. The Morgan fingerprint density at radius 3 is 2.54 bits per heavy atom. The van der Waals surface area contributed by atoms with Crippen LogP contribution in [-0.4, -0.2) is 33.1 Å². The van der Waals surface area contributed by atoms with E-state index in [0.29, 0.717) is 6.54 Å². The lowest BCUT2D eigenvalue weighted by Gasteiger charge is -2.19. The van der Waals surface area contributed by atoms with Gasteiger partial charge in [-0.25, -0.2) is 14.1 Å². The minimum atomic E-state index is -0.225. The molecule has 0 spiro atoms. The second-order valence-corrected chi connectivity index (χ2v) is 7.18. The molecule has 5 nitrogen and oxygen atoms in total. The fourth-order valence-corrected chi connectivity index (χ4v) is 3.84. The van der Waals surface area contributed by atoms with Crippen molar-refractivity contribution >= 4 is 16.7 Å². The topological polar surface area (TPSA) is 46.8 Å². The van der Waals surface area contributed by atoms with E-state index in [1.54, 1.807) is 10.9 Å². The summed E-state index contributed by atoms with van der Waals surface area (Å²) in [6, 6.07) is 15.1. The molecule has 0 aliphatic carbocycles. The molecule has 0 atom stereocenters. The van der Waals surface area contributed by atoms with Gasteiger partial charge in [0.2, 0.25) is 0 Å². The van der Waals surface area contributed by atoms with Gasteiger partial charge >= 0.3 is 0 Å². The lowest BCUT2D eigenvalue weighted by molar-refractivity contribution is 0.628. The van der Waals surface area contributed by atoms with Crippen LogP contribution in [-0.2, 0) is 6.54 Å². The number of benzene rings is 2. The van der Waals surface area contributed by atoms with Gasteiger partial charge in [0.1, 0.15) is 11.6 Å². The van der Waals surface area contributed by atoms with E-state index >= 15 is 0 Å². The standard InChI is InChI=1S/C22H20FN5/c23-18-6-4-17(5-7-18)20-14-22(27-10-1-2-11-27)25-21-13-16(3-8-19(20)21)15-28-12-9-24-26-28/h3-9,12-14H,1-2,10-11,15H2. The van der Waals surface area contributed by atoms with Crippen LogP contribution in [0.4, 0.5) is 10.2 Å². The van der Waals surface area contributed by atoms with Crippen LogP contribution in [0.15, 0.2) is 60.9 Å². The van der Waals surface area contributed by atoms with Gasteiger partial charge in [0, 0.05) is 24.7 Å². The Morgan fingerprint density at radius 2 is 1.79 bits per heavy atom. The van der Waals surface area contributed by atoms with E-state index in [4.69, 9.17) is 4.98 Å². The normalized spacial score (nSPS) is 14.1. The van der Waals surface area contributed by atoms with Crippen molar-refractivity contribution in [3.05, 3.63) is 72.3 Å². The number of halogens is 1. The van der Waals surface area contributed by atoms with E-state index in [9.17, 15) is 4.39 Å². The molecule has 0 N–H and O–H groups in total. The zero-order valence-electron chi connectivity index (χ0n) is 15.4. The average molecular weight is 373 g/mol. The van der Waals surface area contributed by atoms with E-state index in [0.717, 1.165) is 46.5 Å². The van der Waals surface area contributed by atoms with E-state index < -0.39 is 0 Å². The van der Waals surface area contributed by atoms with Crippen molar-refractivity contribution in [2.75, 3.05) is 18.0 Å². The number of hydrogen-bond donors (Lipinski definition) is 0. The Kier molecular flexibility index (Phi) is 4.24. The van der Waals surface area contributed by atoms with E-state index in [1.165, 1.54) is 25.0 Å². The highest BCUT2D eigenvalue weighted by molar-refractivity contribution is 5.96. The number of fused-ring (bicyclic) bond motifs is 1. The average Bonchev–Trinajstić information content (AvgIpc) is 3.42. The van der Waals surface area contributed by atoms with Crippen LogP contribution in [0.25, 0.3) is 22.0 Å². The molecule has 6 heteroatoms. The maximum absolute atomic E-state index is 13.4. The zero-order valence-corrected chi connectivity index (χ0v) is 15.4. The second kappa shape index (κ2) is 7.03. The largest absolute Gasteiger partial charge is 0.357 e. The Balaban J connectivity index is 1.64. The van der Waals surface area contributed by atoms with Crippen molar-refractivity contribution in [3.8, 4) is 11.1 Å². The van der Waals surface area contributed by atoms with Crippen LogP contribution < -0.4 is 4.90 Å². The zero-order chi connectivity index (χ0) is 18.9. The minimum Gasteiger partial charge on any atom is -0.357 e. The van der Waals surface area contributed by atoms with E-state index in [1.807, 2.05) is 18.3 Å². The molecule has 140 valence electrons. The Morgan fingerprint density at radius 1 is 0.964 bits per heavy atom. The number of nitrogens with zero attached hydrogens (tertiary/aromatic N) is 5. The first-order valence-corrected chi connectivity index (χ1v) is 9.55. The summed E-state index contributed by atoms with van der Waals surface area (Å²) in [5.41, 5.74) is 4.15. The number of pyridine rings is 1. The smallest absolute Gasteiger partial charge is 0.129 e. The number of anilines is 1. The molecule has 0 unspecified atom stereocenters. The van der Waals surface area contributed by atoms with Crippen LogP contribution in [0.2, 0.25) is 0 Å². The summed E-state index contributed by atoms with van der Waals surface area (Å²) in [7, 11) is 0. The first-order chi connectivity index (χ1) is 13.8. The molecule has 2 aromatic carbocycles. The van der Waals surface area contributed by atoms with Crippen molar-refractivity contribution in [1.29, 1.82) is 0 Å². The van der Waals surface area contributed by atoms with Crippen LogP contribution in [0, 0.1) is 5.82 Å². The van der Waals surface area contributed by atoms with Crippen LogP contribution in [0.1, 0.15) is 18.4 Å². The number of hydrogen-bond acceptors (Lipinski definition) is 4. The first-order valence-electron chi connectivity index (χ1n) is 9.55. The Bertz CT molecular complexity index is 1100. The molecular weight excluding hydrogens is 353 g/mol. The number of rotatable bonds is 4. The molecule has 28 heavy (non-hydrogen) atoms. The third kappa shape index (κ3) is 3.22. The third-order valence-electron chi connectivity index (χ3n) is 5.26. The maximum atomic E-state index is 13.4. The molecule has 1 aliphatic rings. The summed E-state index contributed by atoms with van der Waals surface area (Å²) in [6.07, 6.45) is 5.91. The van der Waals surface area contributed by atoms with E-state index in [-0.39, 0.29) is 5.82 Å². The van der Waals surface area contributed by atoms with Gasteiger partial charge in [-0.2, -0.15) is 0 Å². The quantitative estimate of drug-likeness (QED) is 0.536. The van der Waals surface area contributed by atoms with Crippen LogP contribution >= 0.6 is 0 Å². The summed E-state index contributed by atoms with van der Waals surface area (Å²) in [5.74, 6) is 0.763. The van der Waals surface area contributed by atoms with Crippen molar-refractivity contribution < 1.29 is 4.39 Å². The molecule has 2 aromatic heterocycles. The molecule has 0 radical (unpaired) electrons. The Hall–Kier alpha value is -3.28. The van der Waals surface area contributed by atoms with Crippen molar-refractivity contribution in [2.24, 2.45) is 0 Å². The predicted molar refractivity (Wildman–Crippen MR) is 108 cm³/mol. The van der Waals surface area contributed by atoms with Gasteiger partial charge in [-0.3, -0.25) is 0 Å². The van der Waals surface area contributed by atoms with Gasteiger partial charge in [0.25, 0.3) is 0 Å². The highest BCUT2D eigenvalue weighted by Crippen LogP contribution is 2.33. The maximum Gasteiger partial charge on any atom is 0.129 e. The van der Waals surface area contributed by atoms with Gasteiger partial charge in [-0.15, -0.1) is 5.10 Å². The van der Waals surface area contributed by atoms with E-state index in [2.05, 4.69) is 39.5 Å². The van der Waals surface area contributed by atoms with Crippen molar-refractivity contribution in [1.82, 2.24) is 20.0 Å². The van der Waals surface area contributed by atoms with Crippen molar-refractivity contribution in [3.63, 3.8) is 0 Å². The molecule has 1 aliphatic heterocycles. The third-order valence-corrected chi connectivity index (χ3v) is 5.26.